The maximum Gasteiger partial charge on any atom is 0.227 e. The number of hydrogen-bond donors (Lipinski definition) is 2. The maximum absolute atomic E-state index is 13.5. The summed E-state index contributed by atoms with van der Waals surface area (Å²) in [4.78, 5) is 17.4. The summed E-state index contributed by atoms with van der Waals surface area (Å²) in [6.45, 7) is 2.77. The zero-order chi connectivity index (χ0) is 17.5. The number of hydrogen-bond acceptors (Lipinski definition) is 3. The molecule has 1 amide bonds. The number of nitrogens with two attached hydrogens (primary N) is 1. The molecule has 2 aromatic rings. The molecule has 0 radical (unpaired) electrons. The van der Waals surface area contributed by atoms with Crippen molar-refractivity contribution in [1.29, 1.82) is 0 Å². The molecule has 2 heterocycles. The molecular weight excluding hydrogens is 333 g/mol. The normalized spacial score (nSPS) is 18.5. The van der Waals surface area contributed by atoms with Crippen LogP contribution in [0.5, 0.6) is 0 Å². The number of aromatic nitrogens is 1. The third kappa shape index (κ3) is 3.59. The average molecular weight is 353 g/mol. The zero-order valence-electron chi connectivity index (χ0n) is 13.4. The number of H-pyrrole nitrogens is 1. The molecule has 6 nitrogen and oxygen atoms in total. The Labute approximate surface area is 139 Å². The van der Waals surface area contributed by atoms with E-state index in [1.54, 1.807) is 11.0 Å². The first kappa shape index (κ1) is 16.9. The summed E-state index contributed by atoms with van der Waals surface area (Å²) in [5, 5.41) is 5.78. The summed E-state index contributed by atoms with van der Waals surface area (Å²) in [5.74, 6) is -0.649. The Morgan fingerprint density at radius 1 is 1.46 bits per heavy atom. The average Bonchev–Trinajstić information content (AvgIpc) is 3.03. The number of amides is 1. The van der Waals surface area contributed by atoms with Crippen molar-refractivity contribution < 1.29 is 17.6 Å². The van der Waals surface area contributed by atoms with Gasteiger partial charge >= 0.3 is 0 Å². The van der Waals surface area contributed by atoms with Crippen LogP contribution in [0.3, 0.4) is 0 Å². The number of halogens is 1. The quantitative estimate of drug-likeness (QED) is 0.867. The van der Waals surface area contributed by atoms with Crippen molar-refractivity contribution in [3.05, 3.63) is 35.3 Å². The van der Waals surface area contributed by atoms with Crippen molar-refractivity contribution in [2.24, 2.45) is 11.1 Å². The molecule has 24 heavy (non-hydrogen) atoms. The van der Waals surface area contributed by atoms with Crippen LogP contribution in [-0.4, -0.2) is 43.1 Å². The van der Waals surface area contributed by atoms with Crippen LogP contribution in [0.15, 0.2) is 18.2 Å². The molecule has 3 rings (SSSR count). The first-order valence-electron chi connectivity index (χ1n) is 7.78. The van der Waals surface area contributed by atoms with E-state index in [4.69, 9.17) is 5.14 Å². The van der Waals surface area contributed by atoms with Gasteiger partial charge in [-0.1, -0.05) is 0 Å². The van der Waals surface area contributed by atoms with E-state index in [9.17, 15) is 17.6 Å². The van der Waals surface area contributed by atoms with Gasteiger partial charge in [0.25, 0.3) is 0 Å². The lowest BCUT2D eigenvalue weighted by molar-refractivity contribution is -0.129. The van der Waals surface area contributed by atoms with Crippen molar-refractivity contribution >= 4 is 26.8 Å². The summed E-state index contributed by atoms with van der Waals surface area (Å²) in [5.41, 5.74) is 2.42. The van der Waals surface area contributed by atoms with Gasteiger partial charge in [-0.2, -0.15) is 0 Å². The molecular formula is C16H20FN3O3S. The van der Waals surface area contributed by atoms with Crippen LogP contribution in [0.25, 0.3) is 10.9 Å². The number of likely N-dealkylation sites (tertiary alicyclic amines) is 1. The van der Waals surface area contributed by atoms with Crippen molar-refractivity contribution in [3.8, 4) is 0 Å². The Balaban J connectivity index is 1.74. The molecule has 130 valence electrons. The molecule has 1 fully saturated rings. The van der Waals surface area contributed by atoms with Gasteiger partial charge in [0.1, 0.15) is 5.82 Å². The van der Waals surface area contributed by atoms with E-state index in [0.29, 0.717) is 24.9 Å². The number of sulfonamides is 1. The van der Waals surface area contributed by atoms with Crippen LogP contribution in [-0.2, 0) is 21.2 Å². The van der Waals surface area contributed by atoms with E-state index in [2.05, 4.69) is 4.98 Å². The van der Waals surface area contributed by atoms with E-state index in [-0.39, 0.29) is 29.8 Å². The molecule has 3 N–H and O–H groups in total. The molecule has 0 saturated carbocycles. The Morgan fingerprint density at radius 3 is 2.92 bits per heavy atom. The second-order valence-corrected chi connectivity index (χ2v) is 8.08. The number of aryl methyl sites for hydroxylation is 1. The van der Waals surface area contributed by atoms with Crippen LogP contribution in [0.1, 0.15) is 17.7 Å². The van der Waals surface area contributed by atoms with E-state index in [1.807, 2.05) is 6.92 Å². The monoisotopic (exact) mass is 353 g/mol. The van der Waals surface area contributed by atoms with Crippen LogP contribution in [0, 0.1) is 18.7 Å². The fraction of sp³-hybridized carbons (Fsp3) is 0.438. The van der Waals surface area contributed by atoms with Crippen molar-refractivity contribution in [1.82, 2.24) is 9.88 Å². The van der Waals surface area contributed by atoms with Gasteiger partial charge in [0.15, 0.2) is 0 Å². The van der Waals surface area contributed by atoms with Crippen molar-refractivity contribution in [2.75, 3.05) is 18.8 Å². The molecule has 1 aromatic carbocycles. The van der Waals surface area contributed by atoms with Gasteiger partial charge in [-0.3, -0.25) is 4.79 Å². The third-order valence-corrected chi connectivity index (χ3v) is 5.45. The standard InChI is InChI=1S/C16H20FN3O3S/c1-10-13(14-6-12(17)2-3-15(14)19-10)7-16(21)20-5-4-11(8-20)9-24(18,22)23/h2-3,6,11,19H,4-5,7-9H2,1H3,(H2,18,22,23). The predicted octanol–water partition coefficient (Wildman–Crippen LogP) is 1.29. The highest BCUT2D eigenvalue weighted by molar-refractivity contribution is 7.89. The zero-order valence-corrected chi connectivity index (χ0v) is 14.2. The number of fused-ring (bicyclic) bond motifs is 1. The SMILES string of the molecule is Cc1[nH]c2ccc(F)cc2c1CC(=O)N1CCC(CS(N)(=O)=O)C1. The fourth-order valence-electron chi connectivity index (χ4n) is 3.37. The van der Waals surface area contributed by atoms with E-state index in [1.165, 1.54) is 12.1 Å². The van der Waals surface area contributed by atoms with E-state index >= 15 is 0 Å². The largest absolute Gasteiger partial charge is 0.358 e. The van der Waals surface area contributed by atoms with Gasteiger partial charge in [-0.15, -0.1) is 0 Å². The van der Waals surface area contributed by atoms with E-state index in [0.717, 1.165) is 16.8 Å². The minimum Gasteiger partial charge on any atom is -0.358 e. The number of carbonyl (C=O) groups is 1. The smallest absolute Gasteiger partial charge is 0.227 e. The molecule has 0 aliphatic carbocycles. The van der Waals surface area contributed by atoms with Crippen LogP contribution < -0.4 is 5.14 Å². The molecule has 1 aliphatic rings. The lowest BCUT2D eigenvalue weighted by Gasteiger charge is -2.16. The van der Waals surface area contributed by atoms with Crippen molar-refractivity contribution in [2.45, 2.75) is 19.8 Å². The molecule has 1 saturated heterocycles. The van der Waals surface area contributed by atoms with Crippen LogP contribution >= 0.6 is 0 Å². The highest BCUT2D eigenvalue weighted by atomic mass is 32.2. The minimum atomic E-state index is -3.53. The number of nitrogens with one attached hydrogen (secondary N) is 1. The number of primary sulfonamides is 1. The number of benzene rings is 1. The second kappa shape index (κ2) is 6.18. The Kier molecular flexibility index (Phi) is 4.35. The molecule has 0 bridgehead atoms. The van der Waals surface area contributed by atoms with Gasteiger partial charge in [-0.25, -0.2) is 17.9 Å². The number of nitrogens with zero attached hydrogens (tertiary/aromatic N) is 1. The predicted molar refractivity (Wildman–Crippen MR) is 89.4 cm³/mol. The summed E-state index contributed by atoms with van der Waals surface area (Å²) in [6.07, 6.45) is 0.793. The Morgan fingerprint density at radius 2 is 2.21 bits per heavy atom. The van der Waals surface area contributed by atoms with Gasteiger partial charge in [0.2, 0.25) is 15.9 Å². The summed E-state index contributed by atoms with van der Waals surface area (Å²) in [6, 6.07) is 4.46. The van der Waals surface area contributed by atoms with Crippen LogP contribution in [0.4, 0.5) is 4.39 Å². The topological polar surface area (TPSA) is 96.3 Å². The maximum atomic E-state index is 13.5. The molecule has 1 aliphatic heterocycles. The Hall–Kier alpha value is -1.93. The van der Waals surface area contributed by atoms with Gasteiger partial charge in [-0.05, 0) is 43.0 Å². The minimum absolute atomic E-state index is 0.0832. The molecule has 1 aromatic heterocycles. The molecule has 1 unspecified atom stereocenters. The van der Waals surface area contributed by atoms with E-state index < -0.39 is 10.0 Å². The van der Waals surface area contributed by atoms with Crippen LogP contribution in [0.2, 0.25) is 0 Å². The molecule has 0 spiro atoms. The highest BCUT2D eigenvalue weighted by Crippen LogP contribution is 2.25. The highest BCUT2D eigenvalue weighted by Gasteiger charge is 2.29. The van der Waals surface area contributed by atoms with Gasteiger partial charge in [0, 0.05) is 29.7 Å². The fourth-order valence-corrected chi connectivity index (χ4v) is 4.30. The lowest BCUT2D eigenvalue weighted by Crippen LogP contribution is -2.32. The van der Waals surface area contributed by atoms with Gasteiger partial charge < -0.3 is 9.88 Å². The molecule has 8 heteroatoms. The summed E-state index contributed by atoms with van der Waals surface area (Å²) >= 11 is 0. The number of aromatic amines is 1. The Bertz CT molecular complexity index is 891. The second-order valence-electron chi connectivity index (χ2n) is 6.42. The third-order valence-electron chi connectivity index (χ3n) is 4.52. The van der Waals surface area contributed by atoms with Crippen molar-refractivity contribution in [3.63, 3.8) is 0 Å². The molecule has 1 atom stereocenters. The number of carbonyl (C=O) groups excluding carboxylic acids is 1. The van der Waals surface area contributed by atoms with Gasteiger partial charge in [0.05, 0.1) is 12.2 Å². The number of rotatable bonds is 4. The first-order valence-corrected chi connectivity index (χ1v) is 9.49. The first-order chi connectivity index (χ1) is 11.2. The summed E-state index contributed by atoms with van der Waals surface area (Å²) in [7, 11) is -3.53. The lowest BCUT2D eigenvalue weighted by atomic mass is 10.1. The summed E-state index contributed by atoms with van der Waals surface area (Å²) < 4.78 is 35.9.